The molecule has 1 saturated carbocycles. The Labute approximate surface area is 97.7 Å². The highest BCUT2D eigenvalue weighted by molar-refractivity contribution is 5.62. The van der Waals surface area contributed by atoms with Gasteiger partial charge in [-0.3, -0.25) is 0 Å². The molecule has 0 spiro atoms. The van der Waals surface area contributed by atoms with E-state index in [0.717, 1.165) is 29.7 Å². The van der Waals surface area contributed by atoms with E-state index in [2.05, 4.69) is 16.9 Å². The van der Waals surface area contributed by atoms with Gasteiger partial charge in [0.2, 0.25) is 0 Å². The highest BCUT2D eigenvalue weighted by Gasteiger charge is 2.18. The van der Waals surface area contributed by atoms with Crippen LogP contribution in [0.2, 0.25) is 0 Å². The number of hydrogen-bond donors (Lipinski definition) is 1. The lowest BCUT2D eigenvalue weighted by Gasteiger charge is -2.23. The predicted molar refractivity (Wildman–Crippen MR) is 68.6 cm³/mol. The minimum Gasteiger partial charge on any atom is -0.396 e. The average Bonchev–Trinajstić information content (AvgIpc) is 2.74. The molecule has 0 atom stereocenters. The fraction of sp³-hybridized carbons (Fsp3) is 0.615. The number of aryl methyl sites for hydroxylation is 1. The highest BCUT2D eigenvalue weighted by Crippen LogP contribution is 2.28. The van der Waals surface area contributed by atoms with Crippen LogP contribution in [0.25, 0.3) is 0 Å². The number of pyridine rings is 1. The molecule has 3 nitrogen and oxygen atoms in total. The van der Waals surface area contributed by atoms with E-state index in [1.54, 1.807) is 0 Å². The molecular weight excluding hydrogens is 198 g/mol. The van der Waals surface area contributed by atoms with Gasteiger partial charge in [-0.15, -0.1) is 0 Å². The van der Waals surface area contributed by atoms with Gasteiger partial charge in [-0.25, -0.2) is 4.98 Å². The van der Waals surface area contributed by atoms with Crippen molar-refractivity contribution in [3.05, 3.63) is 17.8 Å². The summed E-state index contributed by atoms with van der Waals surface area (Å²) in [6.07, 6.45) is 5.48. The van der Waals surface area contributed by atoms with Crippen LogP contribution >= 0.6 is 0 Å². The lowest BCUT2D eigenvalue weighted by atomic mass is 10.1. The fourth-order valence-corrected chi connectivity index (χ4v) is 2.53. The van der Waals surface area contributed by atoms with Gasteiger partial charge >= 0.3 is 0 Å². The van der Waals surface area contributed by atoms with Gasteiger partial charge in [0, 0.05) is 19.3 Å². The van der Waals surface area contributed by atoms with Crippen molar-refractivity contribution in [1.82, 2.24) is 4.98 Å². The quantitative estimate of drug-likeness (QED) is 0.849. The number of nitrogen functional groups attached to an aromatic ring is 1. The summed E-state index contributed by atoms with van der Waals surface area (Å²) in [6, 6.07) is 3.91. The Morgan fingerprint density at radius 2 is 2.06 bits per heavy atom. The first-order chi connectivity index (χ1) is 7.66. The van der Waals surface area contributed by atoms with Crippen LogP contribution in [0.15, 0.2) is 12.1 Å². The van der Waals surface area contributed by atoms with Crippen LogP contribution in [0.3, 0.4) is 0 Å². The lowest BCUT2D eigenvalue weighted by Crippen LogP contribution is -2.25. The third-order valence-electron chi connectivity index (χ3n) is 3.41. The standard InChI is InChI=1S/C13H21N3/c1-10-7-8-12(14)13(15-10)16(2)9-11-5-3-4-6-11/h7-8,11H,3-6,9,14H2,1-2H3. The summed E-state index contributed by atoms with van der Waals surface area (Å²) in [5.74, 6) is 1.76. The molecule has 16 heavy (non-hydrogen) atoms. The SMILES string of the molecule is Cc1ccc(N)c(N(C)CC2CCCC2)n1. The van der Waals surface area contributed by atoms with E-state index >= 15 is 0 Å². The molecule has 0 aliphatic heterocycles. The molecule has 1 aromatic rings. The fourth-order valence-electron chi connectivity index (χ4n) is 2.53. The molecule has 0 saturated heterocycles. The smallest absolute Gasteiger partial charge is 0.151 e. The van der Waals surface area contributed by atoms with Crippen LogP contribution in [-0.4, -0.2) is 18.6 Å². The van der Waals surface area contributed by atoms with Crippen LogP contribution in [0, 0.1) is 12.8 Å². The van der Waals surface area contributed by atoms with Crippen LogP contribution in [0.5, 0.6) is 0 Å². The monoisotopic (exact) mass is 219 g/mol. The maximum Gasteiger partial charge on any atom is 0.151 e. The van der Waals surface area contributed by atoms with Gasteiger partial charge < -0.3 is 10.6 Å². The predicted octanol–water partition coefficient (Wildman–Crippen LogP) is 2.60. The van der Waals surface area contributed by atoms with Crippen molar-refractivity contribution in [3.63, 3.8) is 0 Å². The number of rotatable bonds is 3. The van der Waals surface area contributed by atoms with Crippen molar-refractivity contribution < 1.29 is 0 Å². The molecule has 1 fully saturated rings. The topological polar surface area (TPSA) is 42.1 Å². The summed E-state index contributed by atoms with van der Waals surface area (Å²) < 4.78 is 0. The van der Waals surface area contributed by atoms with Crippen molar-refractivity contribution in [3.8, 4) is 0 Å². The molecule has 2 N–H and O–H groups in total. The average molecular weight is 219 g/mol. The minimum absolute atomic E-state index is 0.783. The first-order valence-electron chi connectivity index (χ1n) is 6.11. The molecule has 0 unspecified atom stereocenters. The first-order valence-corrected chi connectivity index (χ1v) is 6.11. The Bertz CT molecular complexity index is 356. The molecule has 1 heterocycles. The van der Waals surface area contributed by atoms with Gasteiger partial charge in [0.05, 0.1) is 5.69 Å². The molecule has 0 amide bonds. The Balaban J connectivity index is 2.07. The molecule has 3 heteroatoms. The molecule has 2 rings (SSSR count). The van der Waals surface area contributed by atoms with Crippen LogP contribution in [0.4, 0.5) is 11.5 Å². The molecule has 0 aromatic carbocycles. The molecule has 1 aromatic heterocycles. The van der Waals surface area contributed by atoms with Crippen molar-refractivity contribution in [2.45, 2.75) is 32.6 Å². The summed E-state index contributed by atoms with van der Waals surface area (Å²) in [5.41, 5.74) is 7.77. The summed E-state index contributed by atoms with van der Waals surface area (Å²) >= 11 is 0. The molecule has 88 valence electrons. The van der Waals surface area contributed by atoms with Crippen LogP contribution in [0.1, 0.15) is 31.4 Å². The van der Waals surface area contributed by atoms with E-state index in [9.17, 15) is 0 Å². The van der Waals surface area contributed by atoms with Gasteiger partial charge in [-0.05, 0) is 37.8 Å². The third kappa shape index (κ3) is 2.46. The Hall–Kier alpha value is -1.25. The first kappa shape index (κ1) is 11.2. The zero-order chi connectivity index (χ0) is 11.5. The van der Waals surface area contributed by atoms with E-state index in [0.29, 0.717) is 0 Å². The molecular formula is C13H21N3. The minimum atomic E-state index is 0.783. The summed E-state index contributed by atoms with van der Waals surface area (Å²) in [5, 5.41) is 0. The Kier molecular flexibility index (Phi) is 3.32. The molecule has 0 radical (unpaired) electrons. The number of nitrogens with two attached hydrogens (primary N) is 1. The van der Waals surface area contributed by atoms with Gasteiger partial charge in [0.25, 0.3) is 0 Å². The van der Waals surface area contributed by atoms with Gasteiger partial charge in [0.15, 0.2) is 5.82 Å². The summed E-state index contributed by atoms with van der Waals surface area (Å²) in [4.78, 5) is 6.72. The van der Waals surface area contributed by atoms with Crippen molar-refractivity contribution in [2.24, 2.45) is 5.92 Å². The lowest BCUT2D eigenvalue weighted by molar-refractivity contribution is 0.545. The second kappa shape index (κ2) is 4.73. The van der Waals surface area contributed by atoms with E-state index in [1.807, 2.05) is 19.1 Å². The molecule has 1 aliphatic carbocycles. The maximum atomic E-state index is 5.96. The highest BCUT2D eigenvalue weighted by atomic mass is 15.2. The van der Waals surface area contributed by atoms with Crippen molar-refractivity contribution in [2.75, 3.05) is 24.2 Å². The maximum absolute atomic E-state index is 5.96. The van der Waals surface area contributed by atoms with Crippen molar-refractivity contribution in [1.29, 1.82) is 0 Å². The zero-order valence-corrected chi connectivity index (χ0v) is 10.2. The van der Waals surface area contributed by atoms with E-state index < -0.39 is 0 Å². The van der Waals surface area contributed by atoms with E-state index in [4.69, 9.17) is 5.73 Å². The normalized spacial score (nSPS) is 16.6. The Morgan fingerprint density at radius 1 is 1.38 bits per heavy atom. The van der Waals surface area contributed by atoms with Crippen LogP contribution in [-0.2, 0) is 0 Å². The van der Waals surface area contributed by atoms with Crippen LogP contribution < -0.4 is 10.6 Å². The third-order valence-corrected chi connectivity index (χ3v) is 3.41. The van der Waals surface area contributed by atoms with E-state index in [1.165, 1.54) is 25.7 Å². The van der Waals surface area contributed by atoms with Crippen molar-refractivity contribution >= 4 is 11.5 Å². The zero-order valence-electron chi connectivity index (χ0n) is 10.2. The number of anilines is 2. The second-order valence-corrected chi connectivity index (χ2v) is 4.90. The number of nitrogens with zero attached hydrogens (tertiary/aromatic N) is 2. The summed E-state index contributed by atoms with van der Waals surface area (Å²) in [6.45, 7) is 3.09. The van der Waals surface area contributed by atoms with E-state index in [-0.39, 0.29) is 0 Å². The van der Waals surface area contributed by atoms with Gasteiger partial charge in [0.1, 0.15) is 0 Å². The number of aromatic nitrogens is 1. The summed E-state index contributed by atoms with van der Waals surface area (Å²) in [7, 11) is 2.09. The number of hydrogen-bond acceptors (Lipinski definition) is 3. The Morgan fingerprint density at radius 3 is 2.75 bits per heavy atom. The van der Waals surface area contributed by atoms with Gasteiger partial charge in [-0.2, -0.15) is 0 Å². The second-order valence-electron chi connectivity index (χ2n) is 4.90. The largest absolute Gasteiger partial charge is 0.396 e. The molecule has 0 bridgehead atoms. The van der Waals surface area contributed by atoms with Gasteiger partial charge in [-0.1, -0.05) is 12.8 Å². The molecule has 1 aliphatic rings.